The summed E-state index contributed by atoms with van der Waals surface area (Å²) in [4.78, 5) is 62.4. The summed E-state index contributed by atoms with van der Waals surface area (Å²) in [7, 11) is 1.38. The number of aliphatic imine (C=N–C) groups is 1. The normalized spacial score (nSPS) is 14.3. The number of hydrogen-bond donors (Lipinski definition) is 2. The van der Waals surface area contributed by atoms with Crippen LogP contribution in [0.4, 0.5) is 0 Å². The minimum atomic E-state index is -0.741. The third-order valence-electron chi connectivity index (χ3n) is 9.40. The third kappa shape index (κ3) is 10.0. The maximum atomic E-state index is 13.7. The second-order valence-electron chi connectivity index (χ2n) is 14.2. The quantitative estimate of drug-likeness (QED) is 0.119. The van der Waals surface area contributed by atoms with E-state index in [1.807, 2.05) is 84.9 Å². The molecule has 0 bridgehead atoms. The molecule has 1 aromatic carbocycles. The number of carbonyl (C=O) groups is 4. The molecule has 0 amide bonds. The molecule has 0 radical (unpaired) electrons. The number of aromatic amines is 2. The number of nitrogens with zero attached hydrogens (tertiary/aromatic N) is 1. The summed E-state index contributed by atoms with van der Waals surface area (Å²) < 4.78 is 21.3. The molecule has 3 heterocycles. The van der Waals surface area contributed by atoms with E-state index >= 15 is 0 Å². The van der Waals surface area contributed by atoms with Crippen LogP contribution in [0.2, 0.25) is 0 Å². The number of methoxy groups -OCH3 is 1. The van der Waals surface area contributed by atoms with Gasteiger partial charge in [0.1, 0.15) is 11.3 Å². The Hall–Kier alpha value is -5.19. The summed E-state index contributed by atoms with van der Waals surface area (Å²) in [6, 6.07) is 9.91. The zero-order valence-electron chi connectivity index (χ0n) is 32.7. The average Bonchev–Trinajstić information content (AvgIpc) is 3.68. The van der Waals surface area contributed by atoms with Gasteiger partial charge in [-0.25, -0.2) is 4.79 Å². The van der Waals surface area contributed by atoms with Gasteiger partial charge in [-0.1, -0.05) is 30.3 Å². The SMILES string of the molecule is CCOC(=O)CCC1=C(C)C(C(c2ccccc2)c2[nH]c(C(=O)OC(C)(C)C)c(CCOC(C)=O)c2C)=NC1=Cc1[nH]c(C)c(C)c1CCC(=O)OC. The molecule has 1 atom stereocenters. The van der Waals surface area contributed by atoms with Gasteiger partial charge in [0.15, 0.2) is 0 Å². The number of nitrogens with one attached hydrogen (secondary N) is 2. The zero-order chi connectivity index (χ0) is 39.0. The largest absolute Gasteiger partial charge is 0.469 e. The molecule has 4 rings (SSSR count). The topological polar surface area (TPSA) is 149 Å². The van der Waals surface area contributed by atoms with E-state index in [2.05, 4.69) is 9.97 Å². The van der Waals surface area contributed by atoms with E-state index in [-0.39, 0.29) is 38.0 Å². The van der Waals surface area contributed by atoms with Crippen molar-refractivity contribution in [2.75, 3.05) is 20.3 Å². The molecule has 53 heavy (non-hydrogen) atoms. The van der Waals surface area contributed by atoms with Crippen LogP contribution in [0.3, 0.4) is 0 Å². The lowest BCUT2D eigenvalue weighted by Gasteiger charge is -2.20. The summed E-state index contributed by atoms with van der Waals surface area (Å²) in [6.45, 7) is 16.9. The van der Waals surface area contributed by atoms with Gasteiger partial charge in [-0.05, 0) is 113 Å². The molecule has 1 unspecified atom stereocenters. The fourth-order valence-corrected chi connectivity index (χ4v) is 6.68. The Kier molecular flexibility index (Phi) is 13.4. The summed E-state index contributed by atoms with van der Waals surface area (Å²) in [5.41, 5.74) is 9.87. The van der Waals surface area contributed by atoms with Crippen molar-refractivity contribution in [3.8, 4) is 0 Å². The Labute approximate surface area is 312 Å². The lowest BCUT2D eigenvalue weighted by molar-refractivity contribution is -0.143. The number of ether oxygens (including phenoxy) is 4. The van der Waals surface area contributed by atoms with Gasteiger partial charge in [0.25, 0.3) is 0 Å². The molecule has 0 fully saturated rings. The fraction of sp³-hybridized carbons (Fsp3) is 0.452. The number of aromatic nitrogens is 2. The number of carbonyl (C=O) groups excluding carboxylic acids is 4. The highest BCUT2D eigenvalue weighted by atomic mass is 16.6. The Morgan fingerprint density at radius 3 is 2.17 bits per heavy atom. The highest BCUT2D eigenvalue weighted by Gasteiger charge is 2.34. The first-order valence-electron chi connectivity index (χ1n) is 18.1. The minimum Gasteiger partial charge on any atom is -0.469 e. The zero-order valence-corrected chi connectivity index (χ0v) is 32.7. The number of esters is 4. The van der Waals surface area contributed by atoms with Gasteiger partial charge < -0.3 is 28.9 Å². The number of H-pyrrole nitrogens is 2. The predicted molar refractivity (Wildman–Crippen MR) is 204 cm³/mol. The molecule has 284 valence electrons. The number of allylic oxidation sites excluding steroid dienone is 2. The van der Waals surface area contributed by atoms with Crippen LogP contribution >= 0.6 is 0 Å². The van der Waals surface area contributed by atoms with Crippen LogP contribution in [0.5, 0.6) is 0 Å². The van der Waals surface area contributed by atoms with E-state index in [0.717, 1.165) is 56.2 Å². The minimum absolute atomic E-state index is 0.0946. The number of benzene rings is 1. The maximum absolute atomic E-state index is 13.7. The third-order valence-corrected chi connectivity index (χ3v) is 9.40. The molecule has 0 saturated carbocycles. The van der Waals surface area contributed by atoms with E-state index < -0.39 is 23.5 Å². The summed E-state index contributed by atoms with van der Waals surface area (Å²) in [6.07, 6.45) is 3.56. The van der Waals surface area contributed by atoms with E-state index in [9.17, 15) is 19.2 Å². The first-order chi connectivity index (χ1) is 25.1. The molecule has 11 nitrogen and oxygen atoms in total. The molecule has 0 spiro atoms. The Morgan fingerprint density at radius 2 is 1.55 bits per heavy atom. The van der Waals surface area contributed by atoms with Crippen LogP contribution in [0.25, 0.3) is 6.08 Å². The standard InChI is InChI=1S/C42H53N3O8/c1-11-51-36(48)20-18-31-25(3)38(44-34(31)23-33-30(17-19-35(47)50-10)24(2)27(5)43-33)37(29-15-13-12-14-16-29)39-26(4)32(21-22-52-28(6)46)40(45-39)41(49)53-42(7,8)9/h12-16,23,37,43,45H,11,17-22H2,1-10H3. The van der Waals surface area contributed by atoms with E-state index in [1.54, 1.807) is 6.92 Å². The molecule has 2 aromatic heterocycles. The Balaban J connectivity index is 1.94. The van der Waals surface area contributed by atoms with Crippen molar-refractivity contribution in [2.45, 2.75) is 106 Å². The number of aryl methyl sites for hydroxylation is 1. The van der Waals surface area contributed by atoms with E-state index in [0.29, 0.717) is 36.2 Å². The van der Waals surface area contributed by atoms with Crippen LogP contribution in [-0.4, -0.2) is 65.5 Å². The molecular formula is C42H53N3O8. The molecule has 2 N–H and O–H groups in total. The van der Waals surface area contributed by atoms with Gasteiger partial charge in [0.05, 0.1) is 37.7 Å². The van der Waals surface area contributed by atoms with Crippen LogP contribution in [-0.2, 0) is 46.2 Å². The monoisotopic (exact) mass is 727 g/mol. The maximum Gasteiger partial charge on any atom is 0.355 e. The first-order valence-corrected chi connectivity index (χ1v) is 18.1. The van der Waals surface area contributed by atoms with Crippen molar-refractivity contribution >= 4 is 35.7 Å². The second kappa shape index (κ2) is 17.6. The first kappa shape index (κ1) is 40.6. The highest BCUT2D eigenvalue weighted by molar-refractivity contribution is 6.11. The lowest BCUT2D eigenvalue weighted by atomic mass is 9.84. The van der Waals surface area contributed by atoms with Crippen molar-refractivity contribution in [2.24, 2.45) is 4.99 Å². The lowest BCUT2D eigenvalue weighted by Crippen LogP contribution is -2.25. The molecular weight excluding hydrogens is 674 g/mol. The van der Waals surface area contributed by atoms with Gasteiger partial charge in [0, 0.05) is 43.3 Å². The van der Waals surface area contributed by atoms with Gasteiger partial charge in [0.2, 0.25) is 0 Å². The molecule has 1 aliphatic heterocycles. The van der Waals surface area contributed by atoms with Crippen molar-refractivity contribution in [1.82, 2.24) is 9.97 Å². The Bertz CT molecular complexity index is 1940. The van der Waals surface area contributed by atoms with Gasteiger partial charge >= 0.3 is 23.9 Å². The van der Waals surface area contributed by atoms with Gasteiger partial charge in [-0.15, -0.1) is 0 Å². The van der Waals surface area contributed by atoms with Crippen molar-refractivity contribution in [1.29, 1.82) is 0 Å². The predicted octanol–water partition coefficient (Wildman–Crippen LogP) is 7.72. The summed E-state index contributed by atoms with van der Waals surface area (Å²) >= 11 is 0. The van der Waals surface area contributed by atoms with E-state index in [1.165, 1.54) is 14.0 Å². The average molecular weight is 728 g/mol. The molecule has 1 aliphatic rings. The molecule has 11 heteroatoms. The molecule has 0 aliphatic carbocycles. The van der Waals surface area contributed by atoms with E-state index in [4.69, 9.17) is 23.9 Å². The highest BCUT2D eigenvalue weighted by Crippen LogP contribution is 2.41. The van der Waals surface area contributed by atoms with Crippen molar-refractivity contribution in [3.63, 3.8) is 0 Å². The van der Waals surface area contributed by atoms with Gasteiger partial charge in [-0.3, -0.25) is 19.4 Å². The molecule has 0 saturated heterocycles. The van der Waals surface area contributed by atoms with Crippen molar-refractivity contribution < 1.29 is 38.1 Å². The summed E-state index contributed by atoms with van der Waals surface area (Å²) in [5, 5.41) is 0. The van der Waals surface area contributed by atoms with Crippen LogP contribution < -0.4 is 0 Å². The number of hydrogen-bond acceptors (Lipinski definition) is 9. The van der Waals surface area contributed by atoms with Crippen LogP contribution in [0.15, 0.2) is 52.2 Å². The van der Waals surface area contributed by atoms with Crippen LogP contribution in [0, 0.1) is 20.8 Å². The smallest absolute Gasteiger partial charge is 0.355 e. The second-order valence-corrected chi connectivity index (χ2v) is 14.2. The molecule has 3 aromatic rings. The Morgan fingerprint density at radius 1 is 0.868 bits per heavy atom. The van der Waals surface area contributed by atoms with Crippen LogP contribution in [0.1, 0.15) is 122 Å². The number of rotatable bonds is 15. The van der Waals surface area contributed by atoms with Gasteiger partial charge in [-0.2, -0.15) is 0 Å². The van der Waals surface area contributed by atoms with Crippen molar-refractivity contribution in [3.05, 3.63) is 97.8 Å². The summed E-state index contributed by atoms with van der Waals surface area (Å²) in [5.74, 6) is -1.96. The fourth-order valence-electron chi connectivity index (χ4n) is 6.68.